The Labute approximate surface area is 320 Å². The number of hydrogen-bond donors (Lipinski definition) is 2. The number of Topliss-reactive ketones (excluding diaryl/α,β-unsaturated/α-hetero) is 1. The van der Waals surface area contributed by atoms with Crippen LogP contribution in [0.5, 0.6) is 0 Å². The molecule has 0 aromatic carbocycles. The average molecular weight is 785 g/mol. The fourth-order valence-corrected chi connectivity index (χ4v) is 8.50. The van der Waals surface area contributed by atoms with E-state index in [-0.39, 0.29) is 17.6 Å². The number of ether oxygens (including phenoxy) is 9. The molecule has 310 valence electrons. The molecule has 2 bridgehead atoms. The van der Waals surface area contributed by atoms with Crippen molar-refractivity contribution in [2.75, 3.05) is 6.61 Å². The van der Waals surface area contributed by atoms with Crippen molar-refractivity contribution in [1.82, 2.24) is 0 Å². The van der Waals surface area contributed by atoms with Crippen molar-refractivity contribution in [3.8, 4) is 0 Å². The number of aliphatic hydroxyl groups excluding tert-OH is 1. The molecular formula is C38H56O17. The highest BCUT2D eigenvalue weighted by atomic mass is 16.8. The van der Waals surface area contributed by atoms with Crippen LogP contribution in [-0.4, -0.2) is 112 Å². The number of ketones is 1. The monoisotopic (exact) mass is 784 g/mol. The number of esters is 1. The number of hydrogen-bond acceptors (Lipinski definition) is 17. The summed E-state index contributed by atoms with van der Waals surface area (Å²) in [7, 11) is 0. The summed E-state index contributed by atoms with van der Waals surface area (Å²) >= 11 is 0. The lowest BCUT2D eigenvalue weighted by molar-refractivity contribution is -0.270. The van der Waals surface area contributed by atoms with Crippen LogP contribution >= 0.6 is 0 Å². The van der Waals surface area contributed by atoms with E-state index in [1.165, 1.54) is 6.92 Å². The van der Waals surface area contributed by atoms with Gasteiger partial charge in [-0.2, -0.15) is 0 Å². The van der Waals surface area contributed by atoms with Gasteiger partial charge in [-0.3, -0.25) is 9.59 Å². The molecule has 4 aliphatic rings. The third-order valence-corrected chi connectivity index (χ3v) is 10.7. The van der Waals surface area contributed by atoms with Crippen molar-refractivity contribution in [3.05, 3.63) is 11.1 Å². The van der Waals surface area contributed by atoms with Crippen molar-refractivity contribution in [2.24, 2.45) is 16.7 Å². The number of carbonyl (C=O) groups is 6. The highest BCUT2D eigenvalue weighted by Crippen LogP contribution is 2.65. The Hall–Kier alpha value is -4.12. The van der Waals surface area contributed by atoms with E-state index >= 15 is 4.79 Å². The van der Waals surface area contributed by atoms with E-state index in [0.717, 1.165) is 6.92 Å². The Morgan fingerprint density at radius 2 is 1.27 bits per heavy atom. The van der Waals surface area contributed by atoms with Gasteiger partial charge in [0.25, 0.3) is 0 Å². The van der Waals surface area contributed by atoms with Crippen LogP contribution in [0.3, 0.4) is 0 Å². The molecule has 1 saturated heterocycles. The standard InChI is InChI=1S/C38H56O17/c1-18-20(48-28(42)52-32(3,4)5)16-38-27(51-31(45)55-38)25-36(14,26(41)24(23(18)35(38,12)13)50-30(44)54-34(9,10)11)21(49-29(43)53-33(6,7)8)15-22(47-19(2)40)37(25,46)17-39/h20-22,24-25,27,39,46H,15-17H2,1-14H3/t20-,21-,22-,24+,25-,27-,36+,37-,38+/m0/s1. The Kier molecular flexibility index (Phi) is 11.2. The topological polar surface area (TPSA) is 226 Å². The van der Waals surface area contributed by atoms with E-state index in [1.54, 1.807) is 83.1 Å². The number of rotatable bonds is 5. The van der Waals surface area contributed by atoms with Gasteiger partial charge < -0.3 is 52.8 Å². The minimum atomic E-state index is -2.63. The normalized spacial score (nSPS) is 34.3. The molecule has 3 fully saturated rings. The lowest BCUT2D eigenvalue weighted by Crippen LogP contribution is -2.77. The van der Waals surface area contributed by atoms with Gasteiger partial charge in [-0.1, -0.05) is 13.8 Å². The van der Waals surface area contributed by atoms with Gasteiger partial charge in [0.05, 0.1) is 17.9 Å². The second kappa shape index (κ2) is 14.1. The Balaban J connectivity index is 2.12. The van der Waals surface area contributed by atoms with Crippen LogP contribution in [0.25, 0.3) is 0 Å². The van der Waals surface area contributed by atoms with Gasteiger partial charge in [-0.15, -0.1) is 0 Å². The molecule has 17 nitrogen and oxygen atoms in total. The maximum atomic E-state index is 15.7. The fourth-order valence-electron chi connectivity index (χ4n) is 8.50. The molecule has 17 heteroatoms. The summed E-state index contributed by atoms with van der Waals surface area (Å²) in [6.45, 7) is 20.2. The zero-order valence-electron chi connectivity index (χ0n) is 34.1. The molecule has 9 atom stereocenters. The summed E-state index contributed by atoms with van der Waals surface area (Å²) in [6.07, 6.45) is -14.2. The number of aliphatic hydroxyl groups is 2. The SMILES string of the molecule is CC(=O)O[C@H]1C[C@H](OC(=O)OC(C)(C)C)[C@@]2(C)C(=O)[C@H](OC(=O)OC(C)(C)C)C3=C(C)[C@@H](OC(=O)OC(C)(C)C)C[C@]4(OC(=O)O[C@H]4[C@@H]2[C@]1(O)CO)C3(C)C. The molecule has 55 heavy (non-hydrogen) atoms. The lowest BCUT2D eigenvalue weighted by atomic mass is 9.45. The Bertz CT molecular complexity index is 1630. The van der Waals surface area contributed by atoms with Crippen molar-refractivity contribution < 1.29 is 81.6 Å². The first-order valence-electron chi connectivity index (χ1n) is 18.2. The van der Waals surface area contributed by atoms with Gasteiger partial charge in [0.15, 0.2) is 23.6 Å². The van der Waals surface area contributed by atoms with Crippen molar-refractivity contribution in [1.29, 1.82) is 0 Å². The predicted molar refractivity (Wildman–Crippen MR) is 187 cm³/mol. The summed E-state index contributed by atoms with van der Waals surface area (Å²) in [5.41, 5.74) is -11.4. The van der Waals surface area contributed by atoms with E-state index in [4.69, 9.17) is 42.6 Å². The first-order chi connectivity index (χ1) is 24.8. The first-order valence-corrected chi connectivity index (χ1v) is 18.2. The smallest absolute Gasteiger partial charge is 0.459 e. The minimum absolute atomic E-state index is 0.0248. The maximum absolute atomic E-state index is 15.7. The van der Waals surface area contributed by atoms with Crippen LogP contribution in [0.2, 0.25) is 0 Å². The zero-order valence-corrected chi connectivity index (χ0v) is 34.1. The Morgan fingerprint density at radius 1 is 0.782 bits per heavy atom. The van der Waals surface area contributed by atoms with Gasteiger partial charge in [0.1, 0.15) is 40.7 Å². The predicted octanol–water partition coefficient (Wildman–Crippen LogP) is 5.23. The average Bonchev–Trinajstić information content (AvgIpc) is 3.30. The number of carbonyl (C=O) groups excluding carboxylic acids is 6. The van der Waals surface area contributed by atoms with Crippen LogP contribution in [0.15, 0.2) is 11.1 Å². The highest BCUT2D eigenvalue weighted by molar-refractivity contribution is 5.95. The molecule has 1 heterocycles. The summed E-state index contributed by atoms with van der Waals surface area (Å²) < 4.78 is 51.5. The second-order valence-corrected chi connectivity index (χ2v) is 18.4. The molecule has 0 aromatic heterocycles. The van der Waals surface area contributed by atoms with Crippen LogP contribution < -0.4 is 0 Å². The van der Waals surface area contributed by atoms with Crippen LogP contribution in [0.4, 0.5) is 19.2 Å². The fraction of sp³-hybridized carbons (Fsp3) is 0.789. The quantitative estimate of drug-likeness (QED) is 0.207. The summed E-state index contributed by atoms with van der Waals surface area (Å²) in [5, 5.41) is 23.8. The lowest BCUT2D eigenvalue weighted by Gasteiger charge is -2.62. The summed E-state index contributed by atoms with van der Waals surface area (Å²) in [4.78, 5) is 81.9. The molecule has 1 spiro atoms. The zero-order chi connectivity index (χ0) is 42.1. The maximum Gasteiger partial charge on any atom is 0.509 e. The third kappa shape index (κ3) is 8.09. The van der Waals surface area contributed by atoms with Crippen LogP contribution in [0.1, 0.15) is 110 Å². The van der Waals surface area contributed by atoms with E-state index in [2.05, 4.69) is 0 Å². The van der Waals surface area contributed by atoms with E-state index in [9.17, 15) is 34.2 Å². The van der Waals surface area contributed by atoms with E-state index in [1.807, 2.05) is 0 Å². The van der Waals surface area contributed by atoms with Crippen molar-refractivity contribution >= 4 is 36.4 Å². The minimum Gasteiger partial charge on any atom is -0.459 e. The summed E-state index contributed by atoms with van der Waals surface area (Å²) in [6, 6.07) is 0. The molecule has 0 unspecified atom stereocenters. The van der Waals surface area contributed by atoms with Gasteiger partial charge in [0.2, 0.25) is 0 Å². The van der Waals surface area contributed by atoms with E-state index in [0.29, 0.717) is 0 Å². The van der Waals surface area contributed by atoms with E-state index < -0.39 is 125 Å². The molecule has 2 N–H and O–H groups in total. The molecule has 3 aliphatic carbocycles. The third-order valence-electron chi connectivity index (χ3n) is 10.7. The largest absolute Gasteiger partial charge is 0.509 e. The van der Waals surface area contributed by atoms with Crippen molar-refractivity contribution in [2.45, 2.75) is 168 Å². The molecular weight excluding hydrogens is 728 g/mol. The van der Waals surface area contributed by atoms with Crippen molar-refractivity contribution in [3.63, 3.8) is 0 Å². The second-order valence-electron chi connectivity index (χ2n) is 18.4. The molecule has 0 radical (unpaired) electrons. The van der Waals surface area contributed by atoms with Crippen LogP contribution in [-0.2, 0) is 52.2 Å². The molecule has 4 rings (SSSR count). The highest BCUT2D eigenvalue weighted by Gasteiger charge is 2.79. The molecule has 1 aliphatic heterocycles. The van der Waals surface area contributed by atoms with Gasteiger partial charge in [0, 0.05) is 25.2 Å². The molecule has 0 amide bonds. The van der Waals surface area contributed by atoms with Gasteiger partial charge >= 0.3 is 30.6 Å². The molecule has 0 aromatic rings. The number of fused-ring (bicyclic) bond motifs is 3. The first kappa shape index (κ1) is 43.6. The Morgan fingerprint density at radius 3 is 1.75 bits per heavy atom. The van der Waals surface area contributed by atoms with Crippen LogP contribution in [0, 0.1) is 16.7 Å². The van der Waals surface area contributed by atoms with Gasteiger partial charge in [-0.25, -0.2) is 19.2 Å². The van der Waals surface area contributed by atoms with Gasteiger partial charge in [-0.05, 0) is 87.3 Å². The summed E-state index contributed by atoms with van der Waals surface area (Å²) in [5.74, 6) is -3.75. The molecule has 2 saturated carbocycles.